The number of Topliss-reactive ketones (excluding diaryl/α,β-unsaturated/α-hetero) is 1. The van der Waals surface area contributed by atoms with Crippen LogP contribution in [0.2, 0.25) is 5.02 Å². The average Bonchev–Trinajstić information content (AvgIpc) is 2.98. The van der Waals surface area contributed by atoms with Crippen molar-refractivity contribution in [3.8, 4) is 0 Å². The topological polar surface area (TPSA) is 63.6 Å². The van der Waals surface area contributed by atoms with Crippen LogP contribution >= 0.6 is 11.6 Å². The van der Waals surface area contributed by atoms with Crippen molar-refractivity contribution in [2.45, 2.75) is 44.6 Å². The van der Waals surface area contributed by atoms with E-state index < -0.39 is 12.3 Å². The fourth-order valence-corrected chi connectivity index (χ4v) is 3.66. The minimum atomic E-state index is -1.26. The first-order valence-corrected chi connectivity index (χ1v) is 7.66. The number of carbonyl (C=O) groups is 2. The molecule has 0 radical (unpaired) electrons. The number of ether oxygens (including phenoxy) is 1. The highest BCUT2D eigenvalue weighted by Gasteiger charge is 2.29. The van der Waals surface area contributed by atoms with E-state index in [1.165, 1.54) is 0 Å². The number of fused-ring (bicyclic) bond motifs is 1. The summed E-state index contributed by atoms with van der Waals surface area (Å²) in [6.45, 7) is 0. The summed E-state index contributed by atoms with van der Waals surface area (Å²) in [4.78, 5) is 22.5. The van der Waals surface area contributed by atoms with Gasteiger partial charge in [0, 0.05) is 17.4 Å². The van der Waals surface area contributed by atoms with Crippen molar-refractivity contribution in [1.82, 2.24) is 0 Å². The van der Waals surface area contributed by atoms with Gasteiger partial charge in [-0.05, 0) is 54.9 Å². The van der Waals surface area contributed by atoms with Crippen LogP contribution in [0.15, 0.2) is 12.1 Å². The van der Waals surface area contributed by atoms with Gasteiger partial charge in [-0.25, -0.2) is 4.79 Å². The van der Waals surface area contributed by atoms with Gasteiger partial charge in [0.15, 0.2) is 0 Å². The summed E-state index contributed by atoms with van der Waals surface area (Å²) >= 11 is 6.32. The monoisotopic (exact) mass is 308 g/mol. The smallest absolute Gasteiger partial charge is 0.450 e. The zero-order valence-electron chi connectivity index (χ0n) is 11.6. The number of halogens is 1. The lowest BCUT2D eigenvalue weighted by molar-refractivity contribution is -0.120. The van der Waals surface area contributed by atoms with Gasteiger partial charge in [0.05, 0.1) is 0 Å². The van der Waals surface area contributed by atoms with Crippen molar-refractivity contribution in [3.05, 3.63) is 33.8 Å². The molecule has 2 atom stereocenters. The Kier molecular flexibility index (Phi) is 3.89. The second-order valence-electron chi connectivity index (χ2n) is 5.81. The maximum atomic E-state index is 11.8. The summed E-state index contributed by atoms with van der Waals surface area (Å²) in [6, 6.07) is 3.83. The number of carboxylic acid groups (broad SMARTS) is 1. The molecule has 0 spiro atoms. The molecule has 0 aromatic heterocycles. The van der Waals surface area contributed by atoms with E-state index in [9.17, 15) is 9.59 Å². The molecular weight excluding hydrogens is 292 g/mol. The summed E-state index contributed by atoms with van der Waals surface area (Å²) in [7, 11) is 0. The Morgan fingerprint density at radius 2 is 2.14 bits per heavy atom. The van der Waals surface area contributed by atoms with Crippen LogP contribution in [0.25, 0.3) is 0 Å². The Labute approximate surface area is 128 Å². The third-order valence-electron chi connectivity index (χ3n) is 4.47. The molecule has 1 aromatic rings. The lowest BCUT2D eigenvalue weighted by Crippen LogP contribution is -2.10. The van der Waals surface area contributed by atoms with Gasteiger partial charge in [0.1, 0.15) is 11.9 Å². The van der Waals surface area contributed by atoms with Crippen LogP contribution in [0.1, 0.15) is 48.5 Å². The molecule has 0 heterocycles. The third-order valence-corrected chi connectivity index (χ3v) is 4.82. The van der Waals surface area contributed by atoms with E-state index in [1.807, 2.05) is 12.1 Å². The SMILES string of the molecule is O=C(O)OC1CCc2cc(CC3CCCC3=O)c(Cl)cc21. The van der Waals surface area contributed by atoms with Crippen LogP contribution in [0, 0.1) is 5.92 Å². The molecule has 2 aliphatic carbocycles. The minimum Gasteiger partial charge on any atom is -0.450 e. The minimum absolute atomic E-state index is 0.0908. The summed E-state index contributed by atoms with van der Waals surface area (Å²) in [5, 5.41) is 9.36. The molecule has 1 fully saturated rings. The van der Waals surface area contributed by atoms with E-state index in [2.05, 4.69) is 0 Å². The summed E-state index contributed by atoms with van der Waals surface area (Å²) in [6.07, 6.45) is 3.05. The Hall–Kier alpha value is -1.55. The van der Waals surface area contributed by atoms with E-state index in [0.717, 1.165) is 36.0 Å². The lowest BCUT2D eigenvalue weighted by Gasteiger charge is -2.14. The first kappa shape index (κ1) is 14.4. The summed E-state index contributed by atoms with van der Waals surface area (Å²) in [5.41, 5.74) is 2.95. The van der Waals surface area contributed by atoms with Crippen LogP contribution in [-0.4, -0.2) is 17.0 Å². The molecule has 0 amide bonds. The fraction of sp³-hybridized carbons (Fsp3) is 0.500. The van der Waals surface area contributed by atoms with E-state index in [1.54, 1.807) is 0 Å². The predicted octanol–water partition coefficient (Wildman–Crippen LogP) is 3.93. The van der Waals surface area contributed by atoms with Gasteiger partial charge in [-0.1, -0.05) is 17.7 Å². The molecule has 0 saturated heterocycles. The first-order valence-electron chi connectivity index (χ1n) is 7.28. The quantitative estimate of drug-likeness (QED) is 0.859. The van der Waals surface area contributed by atoms with Crippen LogP contribution in [0.5, 0.6) is 0 Å². The molecule has 0 aliphatic heterocycles. The van der Waals surface area contributed by atoms with Gasteiger partial charge in [-0.2, -0.15) is 0 Å². The molecule has 3 rings (SSSR count). The van der Waals surface area contributed by atoms with Gasteiger partial charge in [0.2, 0.25) is 0 Å². The number of hydrogen-bond donors (Lipinski definition) is 1. The maximum Gasteiger partial charge on any atom is 0.506 e. The van der Waals surface area contributed by atoms with Crippen LogP contribution < -0.4 is 0 Å². The van der Waals surface area contributed by atoms with Crippen molar-refractivity contribution in [1.29, 1.82) is 0 Å². The standard InChI is InChI=1S/C16H17ClO4/c17-13-8-12-9(4-5-15(12)21-16(19)20)6-11(13)7-10-2-1-3-14(10)18/h6,8,10,15H,1-5,7H2,(H,19,20). The molecule has 21 heavy (non-hydrogen) atoms. The molecule has 1 aromatic carbocycles. The Morgan fingerprint density at radius 3 is 2.81 bits per heavy atom. The van der Waals surface area contributed by atoms with Gasteiger partial charge >= 0.3 is 6.16 Å². The zero-order chi connectivity index (χ0) is 15.0. The Bertz CT molecular complexity index is 596. The Balaban J connectivity index is 1.82. The number of rotatable bonds is 3. The lowest BCUT2D eigenvalue weighted by atomic mass is 9.95. The molecule has 112 valence electrons. The second kappa shape index (κ2) is 5.68. The normalized spacial score (nSPS) is 24.1. The number of aryl methyl sites for hydroxylation is 1. The highest BCUT2D eigenvalue weighted by Crippen LogP contribution is 2.38. The third kappa shape index (κ3) is 2.91. The van der Waals surface area contributed by atoms with Crippen molar-refractivity contribution in [2.24, 2.45) is 5.92 Å². The Morgan fingerprint density at radius 1 is 1.33 bits per heavy atom. The molecule has 1 N–H and O–H groups in total. The molecule has 2 unspecified atom stereocenters. The van der Waals surface area contributed by atoms with Crippen molar-refractivity contribution in [2.75, 3.05) is 0 Å². The zero-order valence-corrected chi connectivity index (χ0v) is 12.4. The van der Waals surface area contributed by atoms with Gasteiger partial charge < -0.3 is 9.84 Å². The van der Waals surface area contributed by atoms with Crippen LogP contribution in [-0.2, 0) is 22.4 Å². The van der Waals surface area contributed by atoms with Gasteiger partial charge in [-0.15, -0.1) is 0 Å². The molecule has 2 aliphatic rings. The number of benzene rings is 1. The average molecular weight is 309 g/mol. The molecule has 1 saturated carbocycles. The molecular formula is C16H17ClO4. The van der Waals surface area contributed by atoms with Crippen molar-refractivity contribution >= 4 is 23.5 Å². The number of carbonyl (C=O) groups excluding carboxylic acids is 1. The second-order valence-corrected chi connectivity index (χ2v) is 6.22. The summed E-state index contributed by atoms with van der Waals surface area (Å²) < 4.78 is 4.89. The number of hydrogen-bond acceptors (Lipinski definition) is 3. The first-order chi connectivity index (χ1) is 10.0. The van der Waals surface area contributed by atoms with E-state index in [-0.39, 0.29) is 5.92 Å². The largest absolute Gasteiger partial charge is 0.506 e. The van der Waals surface area contributed by atoms with Gasteiger partial charge in [0.25, 0.3) is 0 Å². The highest BCUT2D eigenvalue weighted by molar-refractivity contribution is 6.31. The van der Waals surface area contributed by atoms with Crippen LogP contribution in [0.3, 0.4) is 0 Å². The van der Waals surface area contributed by atoms with Crippen molar-refractivity contribution in [3.63, 3.8) is 0 Å². The molecule has 5 heteroatoms. The van der Waals surface area contributed by atoms with E-state index >= 15 is 0 Å². The van der Waals surface area contributed by atoms with E-state index in [0.29, 0.717) is 30.1 Å². The maximum absolute atomic E-state index is 11.8. The number of ketones is 1. The fourth-order valence-electron chi connectivity index (χ4n) is 3.41. The molecule has 0 bridgehead atoms. The highest BCUT2D eigenvalue weighted by atomic mass is 35.5. The predicted molar refractivity (Wildman–Crippen MR) is 77.7 cm³/mol. The van der Waals surface area contributed by atoms with Crippen molar-refractivity contribution < 1.29 is 19.4 Å². The molecule has 4 nitrogen and oxygen atoms in total. The van der Waals surface area contributed by atoms with Crippen LogP contribution in [0.4, 0.5) is 4.79 Å². The summed E-state index contributed by atoms with van der Waals surface area (Å²) in [5.74, 6) is 0.423. The van der Waals surface area contributed by atoms with Gasteiger partial charge in [-0.3, -0.25) is 4.79 Å². The van der Waals surface area contributed by atoms with E-state index in [4.69, 9.17) is 21.4 Å².